The summed E-state index contributed by atoms with van der Waals surface area (Å²) in [6, 6.07) is 12.3. The van der Waals surface area contributed by atoms with E-state index < -0.39 is 6.09 Å². The van der Waals surface area contributed by atoms with E-state index in [0.717, 1.165) is 18.5 Å². The molecule has 0 aliphatic carbocycles. The van der Waals surface area contributed by atoms with Crippen LogP contribution in [0.25, 0.3) is 0 Å². The summed E-state index contributed by atoms with van der Waals surface area (Å²) in [7, 11) is 5.50. The molecular formula is C27H37ClN4O5. The predicted molar refractivity (Wildman–Crippen MR) is 147 cm³/mol. The molecule has 1 heterocycles. The molecule has 1 atom stereocenters. The Balaban J connectivity index is 0.00000481. The second-order valence-electron chi connectivity index (χ2n) is 8.88. The lowest BCUT2D eigenvalue weighted by atomic mass is 10.0. The molecule has 0 spiro atoms. The van der Waals surface area contributed by atoms with Gasteiger partial charge >= 0.3 is 6.09 Å². The Morgan fingerprint density at radius 3 is 2.59 bits per heavy atom. The predicted octanol–water partition coefficient (Wildman–Crippen LogP) is 4.95. The highest BCUT2D eigenvalue weighted by atomic mass is 35.5. The van der Waals surface area contributed by atoms with Crippen LogP contribution >= 0.6 is 12.4 Å². The zero-order chi connectivity index (χ0) is 26.1. The molecular weight excluding hydrogens is 496 g/mol. The monoisotopic (exact) mass is 532 g/mol. The van der Waals surface area contributed by atoms with Gasteiger partial charge in [-0.2, -0.15) is 0 Å². The van der Waals surface area contributed by atoms with E-state index in [1.165, 1.54) is 9.91 Å². The van der Waals surface area contributed by atoms with Gasteiger partial charge in [0.1, 0.15) is 0 Å². The van der Waals surface area contributed by atoms with Gasteiger partial charge in [-0.1, -0.05) is 25.1 Å². The minimum Gasteiger partial charge on any atom is -0.493 e. The SMILES string of the molecule is CCCOc1cc(C2CC=CN(C(=O)c3cccc(N(CCCN(C)C)C(=O)O)c3)N2)ccc1OC.Cl. The van der Waals surface area contributed by atoms with Crippen LogP contribution in [0.3, 0.4) is 0 Å². The van der Waals surface area contributed by atoms with Crippen LogP contribution in [0, 0.1) is 0 Å². The molecule has 1 unspecified atom stereocenters. The van der Waals surface area contributed by atoms with E-state index in [1.807, 2.05) is 50.2 Å². The number of carbonyl (C=O) groups excluding carboxylic acids is 1. The second kappa shape index (κ2) is 14.5. The third-order valence-electron chi connectivity index (χ3n) is 5.81. The molecule has 9 nitrogen and oxygen atoms in total. The van der Waals surface area contributed by atoms with Crippen molar-refractivity contribution in [2.24, 2.45) is 0 Å². The van der Waals surface area contributed by atoms with E-state index in [0.29, 0.717) is 48.7 Å². The number of nitrogens with zero attached hydrogens (tertiary/aromatic N) is 3. The molecule has 1 aliphatic rings. The molecule has 10 heteroatoms. The van der Waals surface area contributed by atoms with Gasteiger partial charge in [-0.3, -0.25) is 9.69 Å². The number of carboxylic acid groups (broad SMARTS) is 1. The molecule has 37 heavy (non-hydrogen) atoms. The third kappa shape index (κ3) is 8.11. The standard InChI is InChI=1S/C27H36N4O5.ClH/c1-5-17-36-25-19-20(12-13-24(25)35-4)23-11-7-16-31(28-23)26(32)21-9-6-10-22(18-21)30(27(33)34)15-8-14-29(2)3;/h6-7,9-10,12-13,16,18-19,23,28H,5,8,11,14-15,17H2,1-4H3,(H,33,34);1H. The summed E-state index contributed by atoms with van der Waals surface area (Å²) in [6.07, 6.45) is 4.85. The van der Waals surface area contributed by atoms with E-state index in [2.05, 4.69) is 5.43 Å². The first-order valence-corrected chi connectivity index (χ1v) is 12.2. The van der Waals surface area contributed by atoms with Crippen molar-refractivity contribution in [1.29, 1.82) is 0 Å². The normalized spacial score (nSPS) is 14.7. The first kappa shape index (κ1) is 30.0. The van der Waals surface area contributed by atoms with E-state index >= 15 is 0 Å². The van der Waals surface area contributed by atoms with Gasteiger partial charge in [-0.25, -0.2) is 15.2 Å². The number of nitrogens with one attached hydrogen (secondary N) is 1. The molecule has 2 amide bonds. The van der Waals surface area contributed by atoms with Crippen molar-refractivity contribution in [3.05, 3.63) is 65.9 Å². The van der Waals surface area contributed by atoms with E-state index in [1.54, 1.807) is 37.6 Å². The average Bonchev–Trinajstić information content (AvgIpc) is 2.89. The highest BCUT2D eigenvalue weighted by Crippen LogP contribution is 2.32. The summed E-state index contributed by atoms with van der Waals surface area (Å²) in [5.41, 5.74) is 5.10. The maximum Gasteiger partial charge on any atom is 0.411 e. The van der Waals surface area contributed by atoms with Crippen LogP contribution in [0.2, 0.25) is 0 Å². The number of hydrogen-bond acceptors (Lipinski definition) is 6. The molecule has 0 saturated carbocycles. The molecule has 0 bridgehead atoms. The Morgan fingerprint density at radius 2 is 1.92 bits per heavy atom. The van der Waals surface area contributed by atoms with Crippen LogP contribution in [-0.2, 0) is 0 Å². The van der Waals surface area contributed by atoms with Gasteiger partial charge in [0.15, 0.2) is 11.5 Å². The van der Waals surface area contributed by atoms with Crippen molar-refractivity contribution in [3.8, 4) is 11.5 Å². The smallest absolute Gasteiger partial charge is 0.411 e. The van der Waals surface area contributed by atoms with Gasteiger partial charge in [0.05, 0.1) is 19.8 Å². The quantitative estimate of drug-likeness (QED) is 0.423. The first-order valence-electron chi connectivity index (χ1n) is 12.2. The summed E-state index contributed by atoms with van der Waals surface area (Å²) in [5, 5.41) is 11.2. The zero-order valence-electron chi connectivity index (χ0n) is 21.8. The lowest BCUT2D eigenvalue weighted by molar-refractivity contribution is 0.0713. The largest absolute Gasteiger partial charge is 0.493 e. The fourth-order valence-electron chi connectivity index (χ4n) is 3.96. The Kier molecular flexibility index (Phi) is 11.7. The molecule has 0 saturated heterocycles. The van der Waals surface area contributed by atoms with Crippen molar-refractivity contribution >= 4 is 30.1 Å². The Hall–Kier alpha value is -3.27. The van der Waals surface area contributed by atoms with Crippen LogP contribution in [-0.4, -0.2) is 67.9 Å². The topological polar surface area (TPSA) is 94.6 Å². The van der Waals surface area contributed by atoms with Crippen LogP contribution in [0.15, 0.2) is 54.7 Å². The third-order valence-corrected chi connectivity index (χ3v) is 5.81. The second-order valence-corrected chi connectivity index (χ2v) is 8.88. The molecule has 202 valence electrons. The number of carbonyl (C=O) groups is 2. The number of amides is 2. The summed E-state index contributed by atoms with van der Waals surface area (Å²) in [6.45, 7) is 3.74. The van der Waals surface area contributed by atoms with Gasteiger partial charge < -0.3 is 19.5 Å². The molecule has 0 radical (unpaired) electrons. The Labute approximate surface area is 225 Å². The maximum atomic E-state index is 13.3. The number of halogens is 1. The highest BCUT2D eigenvalue weighted by molar-refractivity contribution is 5.97. The van der Waals surface area contributed by atoms with E-state index in [9.17, 15) is 14.7 Å². The van der Waals surface area contributed by atoms with Gasteiger partial charge in [0, 0.05) is 24.0 Å². The number of rotatable bonds is 11. The number of hydrogen-bond donors (Lipinski definition) is 2. The molecule has 0 aromatic heterocycles. The van der Waals surface area contributed by atoms with Crippen molar-refractivity contribution in [1.82, 2.24) is 15.3 Å². The summed E-state index contributed by atoms with van der Waals surface area (Å²) in [4.78, 5) is 28.5. The Bertz CT molecular complexity index is 1080. The number of anilines is 1. The number of hydrazine groups is 1. The minimum absolute atomic E-state index is 0. The maximum absolute atomic E-state index is 13.3. The van der Waals surface area contributed by atoms with Gasteiger partial charge in [0.25, 0.3) is 5.91 Å². The van der Waals surface area contributed by atoms with Crippen LogP contribution < -0.4 is 19.8 Å². The van der Waals surface area contributed by atoms with Crippen molar-refractivity contribution in [2.45, 2.75) is 32.2 Å². The van der Waals surface area contributed by atoms with Crippen molar-refractivity contribution < 1.29 is 24.2 Å². The molecule has 0 fully saturated rings. The summed E-state index contributed by atoms with van der Waals surface area (Å²) in [5.74, 6) is 1.06. The van der Waals surface area contributed by atoms with Gasteiger partial charge in [-0.15, -0.1) is 12.4 Å². The van der Waals surface area contributed by atoms with E-state index in [-0.39, 0.29) is 24.4 Å². The van der Waals surface area contributed by atoms with Crippen molar-refractivity contribution in [2.75, 3.05) is 45.8 Å². The first-order chi connectivity index (χ1) is 17.3. The molecule has 2 aromatic rings. The number of methoxy groups -OCH3 is 1. The molecule has 2 aromatic carbocycles. The Morgan fingerprint density at radius 1 is 1.14 bits per heavy atom. The number of benzene rings is 2. The van der Waals surface area contributed by atoms with E-state index in [4.69, 9.17) is 9.47 Å². The van der Waals surface area contributed by atoms with Gasteiger partial charge in [0.2, 0.25) is 0 Å². The average molecular weight is 533 g/mol. The fraction of sp³-hybridized carbons (Fsp3) is 0.407. The zero-order valence-corrected chi connectivity index (χ0v) is 22.7. The molecule has 1 aliphatic heterocycles. The molecule has 3 rings (SSSR count). The minimum atomic E-state index is -1.05. The van der Waals surface area contributed by atoms with Crippen molar-refractivity contribution in [3.63, 3.8) is 0 Å². The lowest BCUT2D eigenvalue weighted by Gasteiger charge is -2.30. The van der Waals surface area contributed by atoms with Gasteiger partial charge in [-0.05, 0) is 75.8 Å². The van der Waals surface area contributed by atoms with Crippen LogP contribution in [0.4, 0.5) is 10.5 Å². The summed E-state index contributed by atoms with van der Waals surface area (Å²) < 4.78 is 11.3. The van der Waals surface area contributed by atoms with Crippen LogP contribution in [0.1, 0.15) is 48.1 Å². The fourth-order valence-corrected chi connectivity index (χ4v) is 3.96. The van der Waals surface area contributed by atoms with Crippen LogP contribution in [0.5, 0.6) is 11.5 Å². The summed E-state index contributed by atoms with van der Waals surface area (Å²) >= 11 is 0. The molecule has 2 N–H and O–H groups in total. The highest BCUT2D eigenvalue weighted by Gasteiger charge is 2.24. The lowest BCUT2D eigenvalue weighted by Crippen LogP contribution is -2.43. The number of ether oxygens (including phenoxy) is 2.